The Hall–Kier alpha value is -1.95. The summed E-state index contributed by atoms with van der Waals surface area (Å²) in [5, 5.41) is 2.78. The van der Waals surface area contributed by atoms with Gasteiger partial charge >= 0.3 is 0 Å². The minimum atomic E-state index is -0.686. The molecule has 0 spiro atoms. The topological polar surface area (TPSA) is 83.8 Å². The number of benzene rings is 1. The number of hydrogen-bond acceptors (Lipinski definition) is 3. The van der Waals surface area contributed by atoms with Crippen molar-refractivity contribution in [1.29, 1.82) is 0 Å². The van der Waals surface area contributed by atoms with Crippen LogP contribution in [0.1, 0.15) is 19.3 Å². The van der Waals surface area contributed by atoms with Crippen LogP contribution in [-0.2, 0) is 4.79 Å². The summed E-state index contributed by atoms with van der Waals surface area (Å²) in [6.45, 7) is 0. The maximum Gasteiger partial charge on any atom is 0.239 e. The molecule has 0 aliphatic heterocycles. The maximum atomic E-state index is 12.3. The number of imidazole rings is 1. The minimum Gasteiger partial charge on any atom is -0.392 e. The number of amides is 1. The van der Waals surface area contributed by atoms with Crippen LogP contribution in [0.5, 0.6) is 0 Å². The summed E-state index contributed by atoms with van der Waals surface area (Å²) in [6, 6.07) is 7.60. The predicted octanol–water partition coefficient (Wildman–Crippen LogP) is 1.96. The highest BCUT2D eigenvalue weighted by Crippen LogP contribution is 2.42. The van der Waals surface area contributed by atoms with Crippen LogP contribution in [0.4, 0.5) is 5.95 Å². The number of rotatable bonds is 3. The van der Waals surface area contributed by atoms with Gasteiger partial charge in [0.1, 0.15) is 0 Å². The van der Waals surface area contributed by atoms with Gasteiger partial charge in [-0.2, -0.15) is 0 Å². The molecule has 98 valence electrons. The summed E-state index contributed by atoms with van der Waals surface area (Å²) in [7, 11) is 0. The summed E-state index contributed by atoms with van der Waals surface area (Å²) < 4.78 is 0. The Balaban J connectivity index is 1.84. The van der Waals surface area contributed by atoms with Gasteiger partial charge in [0.25, 0.3) is 0 Å². The number of anilines is 1. The first-order valence-corrected chi connectivity index (χ1v) is 6.59. The van der Waals surface area contributed by atoms with Gasteiger partial charge in [-0.05, 0) is 25.0 Å². The molecule has 1 amide bonds. The Kier molecular flexibility index (Phi) is 2.74. The van der Waals surface area contributed by atoms with Crippen molar-refractivity contribution in [2.24, 2.45) is 11.1 Å². The quantitative estimate of drug-likeness (QED) is 0.747. The number of hydrogen-bond donors (Lipinski definition) is 3. The zero-order valence-corrected chi connectivity index (χ0v) is 11.1. The van der Waals surface area contributed by atoms with Crippen LogP contribution in [0.3, 0.4) is 0 Å². The lowest BCUT2D eigenvalue weighted by Gasteiger charge is -2.38. The summed E-state index contributed by atoms with van der Waals surface area (Å²) in [5.41, 5.74) is 6.72. The number of H-pyrrole nitrogens is 1. The first-order valence-electron chi connectivity index (χ1n) is 6.18. The fourth-order valence-electron chi connectivity index (χ4n) is 2.35. The number of para-hydroxylation sites is 2. The first-order chi connectivity index (χ1) is 9.12. The van der Waals surface area contributed by atoms with Crippen LogP contribution in [0.2, 0.25) is 0 Å². The van der Waals surface area contributed by atoms with Crippen LogP contribution >= 0.6 is 12.2 Å². The number of fused-ring (bicyclic) bond motifs is 1. The molecule has 1 aliphatic carbocycles. The average Bonchev–Trinajstić information content (AvgIpc) is 2.68. The zero-order valence-electron chi connectivity index (χ0n) is 10.3. The highest BCUT2D eigenvalue weighted by molar-refractivity contribution is 7.80. The van der Waals surface area contributed by atoms with Crippen molar-refractivity contribution < 1.29 is 4.79 Å². The van der Waals surface area contributed by atoms with Crippen molar-refractivity contribution in [2.45, 2.75) is 19.3 Å². The number of thiocarbonyl (C=S) groups is 1. The Morgan fingerprint density at radius 3 is 2.74 bits per heavy atom. The molecule has 6 heteroatoms. The zero-order chi connectivity index (χ0) is 13.5. The van der Waals surface area contributed by atoms with Gasteiger partial charge < -0.3 is 10.7 Å². The summed E-state index contributed by atoms with van der Waals surface area (Å²) in [5.74, 6) is 0.277. The number of nitrogens with one attached hydrogen (secondary N) is 2. The Morgan fingerprint density at radius 2 is 2.16 bits per heavy atom. The molecule has 5 nitrogen and oxygen atoms in total. The molecular weight excluding hydrogens is 260 g/mol. The lowest BCUT2D eigenvalue weighted by atomic mass is 9.68. The highest BCUT2D eigenvalue weighted by Gasteiger charge is 2.47. The van der Waals surface area contributed by atoms with Gasteiger partial charge in [0.2, 0.25) is 11.9 Å². The highest BCUT2D eigenvalue weighted by atomic mass is 32.1. The van der Waals surface area contributed by atoms with E-state index >= 15 is 0 Å². The van der Waals surface area contributed by atoms with Crippen molar-refractivity contribution in [3.63, 3.8) is 0 Å². The molecule has 4 N–H and O–H groups in total. The fourth-order valence-corrected chi connectivity index (χ4v) is 2.65. The Bertz CT molecular complexity index is 626. The molecule has 1 aromatic heterocycles. The van der Waals surface area contributed by atoms with E-state index in [9.17, 15) is 4.79 Å². The molecule has 19 heavy (non-hydrogen) atoms. The van der Waals surface area contributed by atoms with Crippen molar-refractivity contribution >= 4 is 40.1 Å². The normalized spacial score (nSPS) is 16.8. The third-order valence-electron chi connectivity index (χ3n) is 3.73. The van der Waals surface area contributed by atoms with Gasteiger partial charge in [-0.15, -0.1) is 0 Å². The third kappa shape index (κ3) is 1.88. The number of carbonyl (C=O) groups excluding carboxylic acids is 1. The van der Waals surface area contributed by atoms with E-state index < -0.39 is 5.41 Å². The van der Waals surface area contributed by atoms with Crippen LogP contribution in [0, 0.1) is 5.41 Å². The van der Waals surface area contributed by atoms with E-state index in [1.54, 1.807) is 0 Å². The number of carbonyl (C=O) groups is 1. The van der Waals surface area contributed by atoms with Crippen LogP contribution in [0.25, 0.3) is 11.0 Å². The van der Waals surface area contributed by atoms with E-state index in [2.05, 4.69) is 15.3 Å². The molecule has 2 aromatic rings. The van der Waals surface area contributed by atoms with Gasteiger partial charge in [-0.25, -0.2) is 4.98 Å². The van der Waals surface area contributed by atoms with E-state index in [-0.39, 0.29) is 10.9 Å². The molecule has 1 aliphatic rings. The van der Waals surface area contributed by atoms with E-state index in [1.165, 1.54) is 0 Å². The van der Waals surface area contributed by atoms with Gasteiger partial charge in [-0.1, -0.05) is 30.8 Å². The fraction of sp³-hybridized carbons (Fsp3) is 0.308. The monoisotopic (exact) mass is 274 g/mol. The van der Waals surface area contributed by atoms with E-state index in [4.69, 9.17) is 18.0 Å². The summed E-state index contributed by atoms with van der Waals surface area (Å²) in [4.78, 5) is 19.9. The molecule has 1 fully saturated rings. The second-order valence-corrected chi connectivity index (χ2v) is 5.30. The molecule has 0 radical (unpaired) electrons. The van der Waals surface area contributed by atoms with Crippen molar-refractivity contribution in [3.05, 3.63) is 24.3 Å². The SMILES string of the molecule is NC(=S)C1(C(=O)Nc2nc3ccccc3[nH]2)CCC1. The second-order valence-electron chi connectivity index (χ2n) is 4.86. The second kappa shape index (κ2) is 4.31. The lowest BCUT2D eigenvalue weighted by molar-refractivity contribution is -0.125. The van der Waals surface area contributed by atoms with Crippen LogP contribution < -0.4 is 11.1 Å². The van der Waals surface area contributed by atoms with E-state index in [0.29, 0.717) is 18.8 Å². The average molecular weight is 274 g/mol. The van der Waals surface area contributed by atoms with Gasteiger partial charge in [-0.3, -0.25) is 10.1 Å². The molecule has 1 aromatic carbocycles. The van der Waals surface area contributed by atoms with Gasteiger partial charge in [0.05, 0.1) is 21.4 Å². The Morgan fingerprint density at radius 1 is 1.42 bits per heavy atom. The molecule has 0 saturated heterocycles. The number of nitrogens with two attached hydrogens (primary N) is 1. The molecule has 1 saturated carbocycles. The maximum absolute atomic E-state index is 12.3. The molecule has 0 atom stereocenters. The first kappa shape index (κ1) is 12.1. The number of aromatic amines is 1. The summed E-state index contributed by atoms with van der Waals surface area (Å²) in [6.07, 6.45) is 2.41. The van der Waals surface area contributed by atoms with Gasteiger partial charge in [0, 0.05) is 0 Å². The van der Waals surface area contributed by atoms with Crippen LogP contribution in [0.15, 0.2) is 24.3 Å². The smallest absolute Gasteiger partial charge is 0.239 e. The molecule has 0 unspecified atom stereocenters. The number of nitrogens with zero attached hydrogens (tertiary/aromatic N) is 1. The minimum absolute atomic E-state index is 0.162. The van der Waals surface area contributed by atoms with Gasteiger partial charge in [0.15, 0.2) is 0 Å². The van der Waals surface area contributed by atoms with E-state index in [0.717, 1.165) is 17.5 Å². The largest absolute Gasteiger partial charge is 0.392 e. The third-order valence-corrected chi connectivity index (χ3v) is 4.13. The van der Waals surface area contributed by atoms with Crippen LogP contribution in [-0.4, -0.2) is 20.9 Å². The molecule has 0 bridgehead atoms. The summed E-state index contributed by atoms with van der Waals surface area (Å²) >= 11 is 5.02. The predicted molar refractivity (Wildman–Crippen MR) is 77.8 cm³/mol. The molecule has 3 rings (SSSR count). The van der Waals surface area contributed by atoms with Crippen molar-refractivity contribution in [2.75, 3.05) is 5.32 Å². The Labute approximate surface area is 115 Å². The lowest BCUT2D eigenvalue weighted by Crippen LogP contribution is -2.50. The van der Waals surface area contributed by atoms with E-state index in [1.807, 2.05) is 24.3 Å². The van der Waals surface area contributed by atoms with Crippen molar-refractivity contribution in [1.82, 2.24) is 9.97 Å². The van der Waals surface area contributed by atoms with Crippen molar-refractivity contribution in [3.8, 4) is 0 Å². The molecular formula is C13H14N4OS. The number of aromatic nitrogens is 2. The standard InChI is InChI=1S/C13H14N4OS/c14-10(19)13(6-3-7-13)11(18)17-12-15-8-4-1-2-5-9(8)16-12/h1-2,4-5H,3,6-7H2,(H2,14,19)(H2,15,16,17,18). The molecule has 1 heterocycles.